The van der Waals surface area contributed by atoms with Crippen molar-refractivity contribution in [1.29, 1.82) is 0 Å². The van der Waals surface area contributed by atoms with Gasteiger partial charge in [-0.3, -0.25) is 14.3 Å². The Labute approximate surface area is 119 Å². The van der Waals surface area contributed by atoms with Gasteiger partial charge in [0.15, 0.2) is 5.78 Å². The van der Waals surface area contributed by atoms with Gasteiger partial charge >= 0.3 is 0 Å². The van der Waals surface area contributed by atoms with Crippen molar-refractivity contribution in [2.75, 3.05) is 0 Å². The Morgan fingerprint density at radius 1 is 1.40 bits per heavy atom. The lowest BCUT2D eigenvalue weighted by Gasteiger charge is -2.02. The Morgan fingerprint density at radius 3 is 2.80 bits per heavy atom. The van der Waals surface area contributed by atoms with Crippen molar-refractivity contribution in [2.45, 2.75) is 46.7 Å². The summed E-state index contributed by atoms with van der Waals surface area (Å²) in [5.74, 6) is -0.378. The number of rotatable bonds is 8. The first kappa shape index (κ1) is 16.1. The molecule has 0 radical (unpaired) electrons. The topological polar surface area (TPSA) is 76.9 Å². The zero-order valence-electron chi connectivity index (χ0n) is 12.3. The largest absolute Gasteiger partial charge is 0.347 e. The van der Waals surface area contributed by atoms with E-state index in [0.717, 1.165) is 19.4 Å². The van der Waals surface area contributed by atoms with Gasteiger partial charge in [0.25, 0.3) is 0 Å². The van der Waals surface area contributed by atoms with E-state index >= 15 is 0 Å². The fraction of sp³-hybridized carbons (Fsp3) is 0.571. The molecule has 1 amide bonds. The molecule has 6 heteroatoms. The molecule has 1 unspecified atom stereocenters. The molecule has 0 aliphatic heterocycles. The SMILES string of the molecule is CCCn1cc(CNC(=O)/C=C/C(=O)C(C)CC)nn1. The summed E-state index contributed by atoms with van der Waals surface area (Å²) in [6, 6.07) is 0. The van der Waals surface area contributed by atoms with Gasteiger partial charge in [-0.2, -0.15) is 0 Å². The minimum Gasteiger partial charge on any atom is -0.347 e. The monoisotopic (exact) mass is 278 g/mol. The maximum Gasteiger partial charge on any atom is 0.244 e. The molecule has 110 valence electrons. The molecule has 1 aromatic heterocycles. The Morgan fingerprint density at radius 2 is 2.15 bits per heavy atom. The van der Waals surface area contributed by atoms with E-state index in [-0.39, 0.29) is 17.6 Å². The Kier molecular flexibility index (Phi) is 6.63. The number of aryl methyl sites for hydroxylation is 1. The van der Waals surface area contributed by atoms with E-state index in [1.54, 1.807) is 10.9 Å². The van der Waals surface area contributed by atoms with Crippen LogP contribution in [-0.4, -0.2) is 26.7 Å². The van der Waals surface area contributed by atoms with Crippen molar-refractivity contribution in [3.8, 4) is 0 Å². The normalized spacial score (nSPS) is 12.6. The smallest absolute Gasteiger partial charge is 0.244 e. The molecule has 1 aromatic rings. The summed E-state index contributed by atoms with van der Waals surface area (Å²) in [6.07, 6.45) is 6.15. The number of nitrogens with one attached hydrogen (secondary N) is 1. The number of hydrogen-bond acceptors (Lipinski definition) is 4. The second-order valence-corrected chi connectivity index (χ2v) is 4.74. The van der Waals surface area contributed by atoms with E-state index < -0.39 is 0 Å². The van der Waals surface area contributed by atoms with Crippen molar-refractivity contribution < 1.29 is 9.59 Å². The van der Waals surface area contributed by atoms with Gasteiger partial charge in [-0.15, -0.1) is 5.10 Å². The zero-order chi connectivity index (χ0) is 15.0. The van der Waals surface area contributed by atoms with Crippen LogP contribution in [0.5, 0.6) is 0 Å². The number of aromatic nitrogens is 3. The molecular formula is C14H22N4O2. The maximum absolute atomic E-state index is 11.6. The summed E-state index contributed by atoms with van der Waals surface area (Å²) in [5.41, 5.74) is 0.702. The molecule has 0 fully saturated rings. The summed E-state index contributed by atoms with van der Waals surface area (Å²) in [7, 11) is 0. The molecule has 0 spiro atoms. The number of amides is 1. The van der Waals surface area contributed by atoms with Crippen molar-refractivity contribution in [1.82, 2.24) is 20.3 Å². The third kappa shape index (κ3) is 5.34. The second kappa shape index (κ2) is 8.24. The molecule has 0 saturated heterocycles. The average Bonchev–Trinajstić information content (AvgIpc) is 2.89. The van der Waals surface area contributed by atoms with E-state index in [1.165, 1.54) is 12.2 Å². The molecule has 1 atom stereocenters. The first-order valence-electron chi connectivity index (χ1n) is 6.95. The summed E-state index contributed by atoms with van der Waals surface area (Å²) in [4.78, 5) is 23.1. The van der Waals surface area contributed by atoms with Crippen molar-refractivity contribution in [2.24, 2.45) is 5.92 Å². The van der Waals surface area contributed by atoms with Gasteiger partial charge < -0.3 is 5.32 Å². The van der Waals surface area contributed by atoms with Crippen LogP contribution in [0, 0.1) is 5.92 Å². The predicted molar refractivity (Wildman–Crippen MR) is 75.8 cm³/mol. The van der Waals surface area contributed by atoms with Crippen LogP contribution in [0.15, 0.2) is 18.3 Å². The number of ketones is 1. The number of carbonyl (C=O) groups excluding carboxylic acids is 2. The number of carbonyl (C=O) groups is 2. The lowest BCUT2D eigenvalue weighted by atomic mass is 10.0. The molecule has 1 heterocycles. The lowest BCUT2D eigenvalue weighted by Crippen LogP contribution is -2.21. The van der Waals surface area contributed by atoms with Crippen molar-refractivity contribution in [3.63, 3.8) is 0 Å². The molecule has 0 saturated carbocycles. The summed E-state index contributed by atoms with van der Waals surface area (Å²) < 4.78 is 1.74. The molecule has 1 rings (SSSR count). The Balaban J connectivity index is 2.39. The molecular weight excluding hydrogens is 256 g/mol. The number of nitrogens with zero attached hydrogens (tertiary/aromatic N) is 3. The Bertz CT molecular complexity index is 479. The average molecular weight is 278 g/mol. The van der Waals surface area contributed by atoms with Gasteiger partial charge in [-0.1, -0.05) is 26.0 Å². The van der Waals surface area contributed by atoms with E-state index in [9.17, 15) is 9.59 Å². The van der Waals surface area contributed by atoms with Gasteiger partial charge in [-0.25, -0.2) is 0 Å². The molecule has 6 nitrogen and oxygen atoms in total. The fourth-order valence-electron chi connectivity index (χ4n) is 1.52. The third-order valence-electron chi connectivity index (χ3n) is 2.98. The number of allylic oxidation sites excluding steroid dienone is 1. The lowest BCUT2D eigenvalue weighted by molar-refractivity contribution is -0.119. The van der Waals surface area contributed by atoms with E-state index in [0.29, 0.717) is 12.2 Å². The van der Waals surface area contributed by atoms with Crippen LogP contribution in [0.1, 0.15) is 39.3 Å². The Hall–Kier alpha value is -1.98. The molecule has 20 heavy (non-hydrogen) atoms. The maximum atomic E-state index is 11.6. The van der Waals surface area contributed by atoms with Crippen LogP contribution in [0.4, 0.5) is 0 Å². The highest BCUT2D eigenvalue weighted by Crippen LogP contribution is 2.02. The van der Waals surface area contributed by atoms with Gasteiger partial charge in [0.1, 0.15) is 5.69 Å². The van der Waals surface area contributed by atoms with Gasteiger partial charge in [0.2, 0.25) is 5.91 Å². The first-order valence-corrected chi connectivity index (χ1v) is 6.95. The minimum atomic E-state index is -0.299. The van der Waals surface area contributed by atoms with E-state index in [4.69, 9.17) is 0 Å². The van der Waals surface area contributed by atoms with Gasteiger partial charge in [0.05, 0.1) is 12.7 Å². The van der Waals surface area contributed by atoms with E-state index in [2.05, 4.69) is 22.6 Å². The molecule has 0 aliphatic rings. The van der Waals surface area contributed by atoms with Crippen LogP contribution in [0.25, 0.3) is 0 Å². The molecule has 0 aromatic carbocycles. The van der Waals surface area contributed by atoms with E-state index in [1.807, 2.05) is 13.8 Å². The predicted octanol–water partition coefficient (Wildman–Crippen LogP) is 1.48. The minimum absolute atomic E-state index is 0.0310. The van der Waals surface area contributed by atoms with Crippen LogP contribution < -0.4 is 5.32 Å². The van der Waals surface area contributed by atoms with Crippen LogP contribution in [0.3, 0.4) is 0 Å². The molecule has 1 N–H and O–H groups in total. The van der Waals surface area contributed by atoms with Crippen molar-refractivity contribution >= 4 is 11.7 Å². The number of hydrogen-bond donors (Lipinski definition) is 1. The third-order valence-corrected chi connectivity index (χ3v) is 2.98. The summed E-state index contributed by atoms with van der Waals surface area (Å²) in [5, 5.41) is 10.6. The highest BCUT2D eigenvalue weighted by molar-refractivity contribution is 5.98. The zero-order valence-corrected chi connectivity index (χ0v) is 12.3. The van der Waals surface area contributed by atoms with Crippen LogP contribution >= 0.6 is 0 Å². The standard InChI is InChI=1S/C14H22N4O2/c1-4-8-18-10-12(16-17-18)9-15-14(20)7-6-13(19)11(3)5-2/h6-7,10-11H,4-5,8-9H2,1-3H3,(H,15,20)/b7-6+. The van der Waals surface area contributed by atoms with Gasteiger partial charge in [0, 0.05) is 18.5 Å². The van der Waals surface area contributed by atoms with Crippen molar-refractivity contribution in [3.05, 3.63) is 24.0 Å². The second-order valence-electron chi connectivity index (χ2n) is 4.74. The highest BCUT2D eigenvalue weighted by atomic mass is 16.1. The first-order chi connectivity index (χ1) is 9.56. The molecule has 0 bridgehead atoms. The fourth-order valence-corrected chi connectivity index (χ4v) is 1.52. The van der Waals surface area contributed by atoms with Crippen LogP contribution in [0.2, 0.25) is 0 Å². The summed E-state index contributed by atoms with van der Waals surface area (Å²) in [6.45, 7) is 6.96. The van der Waals surface area contributed by atoms with Gasteiger partial charge in [-0.05, 0) is 18.9 Å². The van der Waals surface area contributed by atoms with Crippen LogP contribution in [-0.2, 0) is 22.7 Å². The highest BCUT2D eigenvalue weighted by Gasteiger charge is 2.07. The summed E-state index contributed by atoms with van der Waals surface area (Å²) >= 11 is 0. The quantitative estimate of drug-likeness (QED) is 0.731. The molecule has 0 aliphatic carbocycles.